The first kappa shape index (κ1) is 30.7. The predicted molar refractivity (Wildman–Crippen MR) is 151 cm³/mol. The number of nitrogens with zero attached hydrogens (tertiary/aromatic N) is 2. The Morgan fingerprint density at radius 3 is 2.62 bits per heavy atom. The zero-order valence-corrected chi connectivity index (χ0v) is 25.4. The summed E-state index contributed by atoms with van der Waals surface area (Å²) in [5, 5.41) is 13.2. The first-order valence-electron chi connectivity index (χ1n) is 14.5. The lowest BCUT2D eigenvalue weighted by atomic mass is 9.74. The van der Waals surface area contributed by atoms with E-state index >= 15 is 0 Å². The number of likely N-dealkylation sites (tertiary alicyclic amines) is 1. The van der Waals surface area contributed by atoms with Crippen LogP contribution in [-0.4, -0.2) is 94.7 Å². The van der Waals surface area contributed by atoms with Gasteiger partial charge in [0.1, 0.15) is 29.8 Å². The van der Waals surface area contributed by atoms with Crippen molar-refractivity contribution in [1.29, 1.82) is 0 Å². The number of allylic oxidation sites excluding steroid dienone is 1. The highest BCUT2D eigenvalue weighted by atomic mass is 79.9. The minimum absolute atomic E-state index is 0.145. The number of rotatable bonds is 7. The minimum Gasteiger partial charge on any atom is -0.460 e. The van der Waals surface area contributed by atoms with E-state index in [4.69, 9.17) is 9.47 Å². The van der Waals surface area contributed by atoms with Gasteiger partial charge in [-0.1, -0.05) is 55.3 Å². The molecule has 5 bridgehead atoms. The topological polar surface area (TPSA) is 125 Å². The van der Waals surface area contributed by atoms with E-state index in [0.717, 1.165) is 12.8 Å². The molecule has 222 valence electrons. The van der Waals surface area contributed by atoms with Crippen molar-refractivity contribution in [3.63, 3.8) is 0 Å². The molecule has 0 aromatic carbocycles. The summed E-state index contributed by atoms with van der Waals surface area (Å²) in [6, 6.07) is -1.66. The summed E-state index contributed by atoms with van der Waals surface area (Å²) in [4.78, 5) is 57.9. The number of amides is 3. The Bertz CT molecular complexity index is 1060. The maximum absolute atomic E-state index is 14.5. The first-order valence-corrected chi connectivity index (χ1v) is 15.2. The summed E-state index contributed by atoms with van der Waals surface area (Å²) < 4.78 is 12.8. The minimum atomic E-state index is -1.37. The van der Waals surface area contributed by atoms with Crippen LogP contribution in [0.25, 0.3) is 0 Å². The van der Waals surface area contributed by atoms with Crippen LogP contribution in [0.3, 0.4) is 0 Å². The van der Waals surface area contributed by atoms with Gasteiger partial charge >= 0.3 is 5.97 Å². The Morgan fingerprint density at radius 2 is 1.95 bits per heavy atom. The monoisotopic (exact) mass is 623 g/mol. The zero-order valence-electron chi connectivity index (χ0n) is 23.8. The average molecular weight is 625 g/mol. The number of cyclic esters (lactones) is 1. The molecule has 4 aliphatic rings. The molecule has 4 rings (SSSR count). The van der Waals surface area contributed by atoms with Crippen LogP contribution in [0.1, 0.15) is 59.8 Å². The molecule has 40 heavy (non-hydrogen) atoms. The number of ether oxygens (including phenoxy) is 2. The number of carbonyl (C=O) groups excluding carboxylic acids is 4. The number of hydrogen-bond acceptors (Lipinski definition) is 7. The van der Waals surface area contributed by atoms with Gasteiger partial charge in [-0.15, -0.1) is 0 Å². The van der Waals surface area contributed by atoms with E-state index in [1.807, 2.05) is 32.9 Å². The molecule has 2 saturated heterocycles. The summed E-state index contributed by atoms with van der Waals surface area (Å²) in [5.74, 6) is -3.22. The molecule has 0 unspecified atom stereocenters. The number of aliphatic hydroxyl groups excluding tert-OH is 1. The summed E-state index contributed by atoms with van der Waals surface area (Å²) in [6.45, 7) is 8.35. The molecule has 0 aliphatic carbocycles. The fraction of sp³-hybridized carbons (Fsp3) is 0.724. The van der Waals surface area contributed by atoms with Crippen LogP contribution < -0.4 is 5.32 Å². The van der Waals surface area contributed by atoms with E-state index in [1.165, 1.54) is 4.90 Å². The standard InChI is InChI=1S/C29H42BrN3O7/c1-5-6-11-32-12-9-7-8-10-21(35)31-15-18(4)39-28(38)22-23-26(36)33(19(16-34)13-17(2)3)25(27(32)37)29(23)14-20(30)24(22)40-29/h7,9,14,17-19,22-25,34H,5-6,8,10-13,15-16H2,1-4H3,(H,31,35)/b9-7-/t18-,19-,22+,23-,24+,25+,29-/m1/s1. The molecule has 2 fully saturated rings. The Labute approximate surface area is 244 Å². The number of halogens is 1. The number of aliphatic hydroxyl groups is 1. The number of nitrogens with one attached hydrogen (secondary N) is 1. The third kappa shape index (κ3) is 5.74. The lowest BCUT2D eigenvalue weighted by molar-refractivity contribution is -0.159. The molecule has 0 aromatic heterocycles. The van der Waals surface area contributed by atoms with Crippen molar-refractivity contribution in [3.05, 3.63) is 22.7 Å². The van der Waals surface area contributed by atoms with Crippen LogP contribution in [0.2, 0.25) is 0 Å². The lowest BCUT2D eigenvalue weighted by Crippen LogP contribution is -2.58. The second-order valence-electron chi connectivity index (χ2n) is 11.7. The van der Waals surface area contributed by atoms with Gasteiger partial charge in [-0.25, -0.2) is 0 Å². The Hall–Kier alpha value is -2.24. The van der Waals surface area contributed by atoms with Gasteiger partial charge < -0.3 is 29.7 Å². The van der Waals surface area contributed by atoms with E-state index in [0.29, 0.717) is 30.4 Å². The Kier molecular flexibility index (Phi) is 9.78. The van der Waals surface area contributed by atoms with Gasteiger partial charge in [0.05, 0.1) is 25.1 Å². The van der Waals surface area contributed by atoms with E-state index in [9.17, 15) is 24.3 Å². The van der Waals surface area contributed by atoms with E-state index in [2.05, 4.69) is 21.2 Å². The molecule has 1 spiro atoms. The maximum Gasteiger partial charge on any atom is 0.313 e. The van der Waals surface area contributed by atoms with Gasteiger partial charge in [-0.2, -0.15) is 0 Å². The van der Waals surface area contributed by atoms with E-state index in [1.54, 1.807) is 17.9 Å². The molecule has 11 heteroatoms. The molecule has 0 saturated carbocycles. The zero-order chi connectivity index (χ0) is 29.2. The second-order valence-corrected chi connectivity index (χ2v) is 12.7. The van der Waals surface area contributed by atoms with E-state index in [-0.39, 0.29) is 43.2 Å². The second kappa shape index (κ2) is 12.7. The summed E-state index contributed by atoms with van der Waals surface area (Å²) in [7, 11) is 0. The van der Waals surface area contributed by atoms with Crippen molar-refractivity contribution in [1.82, 2.24) is 15.1 Å². The van der Waals surface area contributed by atoms with Crippen LogP contribution in [0, 0.1) is 17.8 Å². The normalized spacial score (nSPS) is 34.6. The van der Waals surface area contributed by atoms with Crippen molar-refractivity contribution in [2.75, 3.05) is 26.2 Å². The molecule has 4 heterocycles. The van der Waals surface area contributed by atoms with Crippen LogP contribution in [-0.2, 0) is 28.7 Å². The Morgan fingerprint density at radius 1 is 1.20 bits per heavy atom. The molecule has 0 radical (unpaired) electrons. The average Bonchev–Trinajstić information content (AvgIpc) is 3.50. The van der Waals surface area contributed by atoms with Gasteiger partial charge in [0, 0.05) is 24.0 Å². The SMILES string of the molecule is CCCCN1C/C=C\CCC(=O)NC[C@@H](C)OC(=O)[C@@H]2[C@H]3O[C@@]4(C=C3Br)[C@H](C1=O)N([C@@H](CO)CC(C)C)C(=O)[C@@H]24. The summed E-state index contributed by atoms with van der Waals surface area (Å²) in [6.07, 6.45) is 7.06. The van der Waals surface area contributed by atoms with Crippen LogP contribution in [0.5, 0.6) is 0 Å². The summed E-state index contributed by atoms with van der Waals surface area (Å²) >= 11 is 3.55. The van der Waals surface area contributed by atoms with Crippen LogP contribution in [0.15, 0.2) is 22.7 Å². The van der Waals surface area contributed by atoms with Gasteiger partial charge in [0.2, 0.25) is 17.7 Å². The fourth-order valence-electron chi connectivity index (χ4n) is 6.43. The Balaban J connectivity index is 1.82. The third-order valence-electron chi connectivity index (χ3n) is 8.25. The smallest absolute Gasteiger partial charge is 0.313 e. The van der Waals surface area contributed by atoms with Crippen molar-refractivity contribution in [3.8, 4) is 0 Å². The lowest BCUT2D eigenvalue weighted by Gasteiger charge is -2.39. The highest BCUT2D eigenvalue weighted by molar-refractivity contribution is 9.11. The molecule has 4 aliphatic heterocycles. The third-order valence-corrected chi connectivity index (χ3v) is 8.93. The van der Waals surface area contributed by atoms with Crippen molar-refractivity contribution in [2.24, 2.45) is 17.8 Å². The van der Waals surface area contributed by atoms with E-state index < -0.39 is 47.7 Å². The van der Waals surface area contributed by atoms with Gasteiger partial charge in [-0.3, -0.25) is 19.2 Å². The molecular formula is C29H42BrN3O7. The van der Waals surface area contributed by atoms with Crippen molar-refractivity contribution in [2.45, 2.75) is 89.7 Å². The number of esters is 1. The molecule has 7 atom stereocenters. The number of fused-ring (bicyclic) bond motifs is 2. The van der Waals surface area contributed by atoms with Crippen LogP contribution >= 0.6 is 15.9 Å². The van der Waals surface area contributed by atoms with Crippen molar-refractivity contribution < 1.29 is 33.8 Å². The molecule has 3 amide bonds. The highest BCUT2D eigenvalue weighted by Gasteiger charge is 2.75. The molecule has 2 N–H and O–H groups in total. The highest BCUT2D eigenvalue weighted by Crippen LogP contribution is 2.59. The van der Waals surface area contributed by atoms with Gasteiger partial charge in [0.25, 0.3) is 0 Å². The number of unbranched alkanes of at least 4 members (excludes halogenated alkanes) is 1. The van der Waals surface area contributed by atoms with Crippen molar-refractivity contribution >= 4 is 39.6 Å². The summed E-state index contributed by atoms with van der Waals surface area (Å²) in [5.41, 5.74) is -1.37. The first-order chi connectivity index (χ1) is 19.0. The number of carbonyl (C=O) groups is 4. The molecule has 0 aromatic rings. The quantitative estimate of drug-likeness (QED) is 0.329. The fourth-order valence-corrected chi connectivity index (χ4v) is 7.17. The maximum atomic E-state index is 14.5. The van der Waals surface area contributed by atoms with Gasteiger partial charge in [0.15, 0.2) is 0 Å². The largest absolute Gasteiger partial charge is 0.460 e. The molecular weight excluding hydrogens is 582 g/mol. The van der Waals surface area contributed by atoms with Crippen LogP contribution in [0.4, 0.5) is 0 Å². The molecule has 10 nitrogen and oxygen atoms in total. The van der Waals surface area contributed by atoms with Gasteiger partial charge in [-0.05, 0) is 38.2 Å². The predicted octanol–water partition coefficient (Wildman–Crippen LogP) is 2.29. The number of hydrogen-bond donors (Lipinski definition) is 2.